The molecule has 15 heavy (non-hydrogen) atoms. The van der Waals surface area contributed by atoms with Crippen molar-refractivity contribution >= 4 is 0 Å². The third kappa shape index (κ3) is 2.60. The Bertz CT molecular complexity index is 364. The van der Waals surface area contributed by atoms with E-state index in [4.69, 9.17) is 0 Å². The summed E-state index contributed by atoms with van der Waals surface area (Å²) in [4.78, 5) is 2.77. The van der Waals surface area contributed by atoms with E-state index in [0.29, 0.717) is 6.07 Å². The van der Waals surface area contributed by atoms with E-state index in [2.05, 4.69) is 4.98 Å². The maximum absolute atomic E-state index is 12.1. The molecule has 0 radical (unpaired) electrons. The summed E-state index contributed by atoms with van der Waals surface area (Å²) in [6, 6.07) is 0.426. The molecule has 0 N–H and O–H groups in total. The van der Waals surface area contributed by atoms with Gasteiger partial charge in [0.15, 0.2) is 0 Å². The van der Waals surface area contributed by atoms with Crippen LogP contribution in [0.4, 0.5) is 26.3 Å². The number of hydrogen-bond donors (Lipinski definition) is 0. The van der Waals surface area contributed by atoms with E-state index in [9.17, 15) is 26.3 Å². The van der Waals surface area contributed by atoms with Gasteiger partial charge in [-0.2, -0.15) is 26.3 Å². The number of nitrogens with zero attached hydrogens (tertiary/aromatic N) is 1. The second-order valence-electron chi connectivity index (χ2n) is 2.89. The van der Waals surface area contributed by atoms with E-state index in [-0.39, 0.29) is 6.20 Å². The molecule has 0 spiro atoms. The van der Waals surface area contributed by atoms with Crippen molar-refractivity contribution in [2.24, 2.45) is 0 Å². The fraction of sp³-hybridized carbons (Fsp3) is 0.375. The third-order valence-electron chi connectivity index (χ3n) is 1.67. The van der Waals surface area contributed by atoms with Gasteiger partial charge >= 0.3 is 12.4 Å². The molecule has 1 aromatic heterocycles. The van der Waals surface area contributed by atoms with Crippen LogP contribution in [0.25, 0.3) is 0 Å². The molecule has 1 heterocycles. The molecule has 0 amide bonds. The predicted octanol–water partition coefficient (Wildman–Crippen LogP) is 3.43. The highest BCUT2D eigenvalue weighted by molar-refractivity contribution is 5.27. The van der Waals surface area contributed by atoms with E-state index < -0.39 is 29.2 Å². The minimum absolute atomic E-state index is 0.176. The van der Waals surface area contributed by atoms with Gasteiger partial charge < -0.3 is 0 Å². The molecule has 0 saturated heterocycles. The normalized spacial score (nSPS) is 13.0. The Morgan fingerprint density at radius 2 is 1.53 bits per heavy atom. The van der Waals surface area contributed by atoms with Crippen LogP contribution in [0.15, 0.2) is 12.3 Å². The van der Waals surface area contributed by atoms with E-state index in [1.54, 1.807) is 0 Å². The Morgan fingerprint density at radius 1 is 1.00 bits per heavy atom. The van der Waals surface area contributed by atoms with Crippen molar-refractivity contribution < 1.29 is 26.3 Å². The molecular formula is C8H5F6N. The molecule has 0 aliphatic carbocycles. The molecule has 84 valence electrons. The maximum Gasteiger partial charge on any atom is 0.433 e. The van der Waals surface area contributed by atoms with Crippen LogP contribution < -0.4 is 0 Å². The molecule has 0 unspecified atom stereocenters. The number of halogens is 6. The van der Waals surface area contributed by atoms with Crippen LogP contribution in [0.3, 0.4) is 0 Å². The molecular weight excluding hydrogens is 224 g/mol. The number of alkyl halides is 6. The highest BCUT2D eigenvalue weighted by atomic mass is 19.4. The van der Waals surface area contributed by atoms with Crippen molar-refractivity contribution in [3.63, 3.8) is 0 Å². The van der Waals surface area contributed by atoms with Crippen LogP contribution in [0.2, 0.25) is 0 Å². The second kappa shape index (κ2) is 3.39. The zero-order valence-electron chi connectivity index (χ0n) is 7.37. The largest absolute Gasteiger partial charge is 0.433 e. The van der Waals surface area contributed by atoms with Gasteiger partial charge in [-0.05, 0) is 18.6 Å². The summed E-state index contributed by atoms with van der Waals surface area (Å²) in [6.07, 6.45) is -9.23. The SMILES string of the molecule is Cc1cc(C(F)(F)F)cnc1C(F)(F)F. The molecule has 0 saturated carbocycles. The summed E-state index contributed by atoms with van der Waals surface area (Å²) in [7, 11) is 0. The zero-order valence-corrected chi connectivity index (χ0v) is 7.37. The van der Waals surface area contributed by atoms with Crippen LogP contribution >= 0.6 is 0 Å². The molecule has 0 aliphatic heterocycles. The van der Waals surface area contributed by atoms with Crippen LogP contribution in [0.1, 0.15) is 16.8 Å². The van der Waals surface area contributed by atoms with Gasteiger partial charge in [-0.15, -0.1) is 0 Å². The second-order valence-corrected chi connectivity index (χ2v) is 2.89. The van der Waals surface area contributed by atoms with E-state index >= 15 is 0 Å². The average molecular weight is 229 g/mol. The summed E-state index contributed by atoms with van der Waals surface area (Å²) in [5.41, 5.74) is -3.03. The molecule has 7 heteroatoms. The van der Waals surface area contributed by atoms with Crippen LogP contribution in [-0.2, 0) is 12.4 Å². The number of aromatic nitrogens is 1. The van der Waals surface area contributed by atoms with Gasteiger partial charge in [0.25, 0.3) is 0 Å². The average Bonchev–Trinajstić information content (AvgIpc) is 1.99. The summed E-state index contributed by atoms with van der Waals surface area (Å²) in [6.45, 7) is 0.936. The lowest BCUT2D eigenvalue weighted by Crippen LogP contribution is -2.13. The van der Waals surface area contributed by atoms with Crippen molar-refractivity contribution in [3.05, 3.63) is 29.1 Å². The van der Waals surface area contributed by atoms with Crippen molar-refractivity contribution in [3.8, 4) is 0 Å². The van der Waals surface area contributed by atoms with Gasteiger partial charge in [0.05, 0.1) is 5.56 Å². The number of hydrogen-bond acceptors (Lipinski definition) is 1. The topological polar surface area (TPSA) is 12.9 Å². The first-order valence-electron chi connectivity index (χ1n) is 3.73. The van der Waals surface area contributed by atoms with Gasteiger partial charge in [0, 0.05) is 6.20 Å². The lowest BCUT2D eigenvalue weighted by atomic mass is 10.1. The molecule has 1 aromatic rings. The van der Waals surface area contributed by atoms with Gasteiger partial charge in [0.2, 0.25) is 0 Å². The highest BCUT2D eigenvalue weighted by Crippen LogP contribution is 2.34. The van der Waals surface area contributed by atoms with E-state index in [0.717, 1.165) is 6.92 Å². The Morgan fingerprint density at radius 3 is 1.87 bits per heavy atom. The monoisotopic (exact) mass is 229 g/mol. The lowest BCUT2D eigenvalue weighted by Gasteiger charge is -2.11. The third-order valence-corrected chi connectivity index (χ3v) is 1.67. The minimum atomic E-state index is -4.73. The van der Waals surface area contributed by atoms with E-state index in [1.807, 2.05) is 0 Å². The number of aryl methyl sites for hydroxylation is 1. The Labute approximate surface area is 80.7 Å². The van der Waals surface area contributed by atoms with Crippen molar-refractivity contribution in [2.75, 3.05) is 0 Å². The van der Waals surface area contributed by atoms with Crippen LogP contribution in [-0.4, -0.2) is 4.98 Å². The smallest absolute Gasteiger partial charge is 0.251 e. The number of pyridine rings is 1. The molecule has 0 aliphatic rings. The maximum atomic E-state index is 12.1. The minimum Gasteiger partial charge on any atom is -0.251 e. The fourth-order valence-electron chi connectivity index (χ4n) is 1.03. The van der Waals surface area contributed by atoms with Gasteiger partial charge in [-0.1, -0.05) is 0 Å². The van der Waals surface area contributed by atoms with Gasteiger partial charge in [0.1, 0.15) is 5.69 Å². The van der Waals surface area contributed by atoms with Gasteiger partial charge in [-0.3, -0.25) is 4.98 Å². The molecule has 0 aromatic carbocycles. The standard InChI is InChI=1S/C8H5F6N/c1-4-2-5(7(9,10)11)3-15-6(4)8(12,13)14/h2-3H,1H3. The van der Waals surface area contributed by atoms with Gasteiger partial charge in [-0.25, -0.2) is 0 Å². The molecule has 0 atom stereocenters. The molecule has 0 fully saturated rings. The van der Waals surface area contributed by atoms with Crippen molar-refractivity contribution in [1.29, 1.82) is 0 Å². The number of rotatable bonds is 0. The quantitative estimate of drug-likeness (QED) is 0.621. The van der Waals surface area contributed by atoms with Crippen LogP contribution in [0.5, 0.6) is 0 Å². The van der Waals surface area contributed by atoms with Crippen molar-refractivity contribution in [2.45, 2.75) is 19.3 Å². The Balaban J connectivity index is 3.21. The van der Waals surface area contributed by atoms with Crippen LogP contribution in [0, 0.1) is 6.92 Å². The van der Waals surface area contributed by atoms with E-state index in [1.165, 1.54) is 0 Å². The predicted molar refractivity (Wildman–Crippen MR) is 39.0 cm³/mol. The summed E-state index contributed by atoms with van der Waals surface area (Å²) in [5, 5.41) is 0. The first-order valence-corrected chi connectivity index (χ1v) is 3.73. The Kier molecular flexibility index (Phi) is 2.67. The molecule has 1 rings (SSSR count). The summed E-state index contributed by atoms with van der Waals surface area (Å²) < 4.78 is 72.6. The zero-order chi connectivity index (χ0) is 11.9. The lowest BCUT2D eigenvalue weighted by molar-refractivity contribution is -0.144. The molecule has 0 bridgehead atoms. The summed E-state index contributed by atoms with van der Waals surface area (Å²) >= 11 is 0. The van der Waals surface area contributed by atoms with Crippen molar-refractivity contribution in [1.82, 2.24) is 4.98 Å². The summed E-state index contributed by atoms with van der Waals surface area (Å²) in [5.74, 6) is 0. The highest BCUT2D eigenvalue weighted by Gasteiger charge is 2.37. The Hall–Kier alpha value is -1.27. The first-order chi connectivity index (χ1) is 6.62. The molecule has 1 nitrogen and oxygen atoms in total. The fourth-order valence-corrected chi connectivity index (χ4v) is 1.03. The first kappa shape index (κ1) is 11.8.